The molecular weight excluding hydrogens is 550 g/mol. The van der Waals surface area contributed by atoms with E-state index in [1.54, 1.807) is 0 Å². The largest absolute Gasteiger partial charge is 0.436 e. The second-order valence-electron chi connectivity index (χ2n) is 10.9. The Labute approximate surface area is 261 Å². The molecule has 0 saturated carbocycles. The molecule has 8 rings (SSSR count). The van der Waals surface area contributed by atoms with Crippen molar-refractivity contribution in [3.63, 3.8) is 0 Å². The summed E-state index contributed by atoms with van der Waals surface area (Å²) >= 11 is 0. The standard InChI is InChI=1S/C41H27N3O/c1-4-11-28(12-5-1)29-19-25-33(26-20-29)40-42-36(31-13-6-2-7-14-31)27-37(43-40)32-23-21-30(22-24-32)35-17-10-18-38-39(35)44-41(45-38)34-15-8-3-9-16-34/h1-27H. The van der Waals surface area contributed by atoms with E-state index in [1.165, 1.54) is 5.56 Å². The minimum absolute atomic E-state index is 0.619. The van der Waals surface area contributed by atoms with Gasteiger partial charge in [0, 0.05) is 27.8 Å². The predicted molar refractivity (Wildman–Crippen MR) is 182 cm³/mol. The van der Waals surface area contributed by atoms with Crippen LogP contribution in [0.25, 0.3) is 78.7 Å². The van der Waals surface area contributed by atoms with E-state index < -0.39 is 0 Å². The Hall–Kier alpha value is -6.13. The maximum atomic E-state index is 6.12. The van der Waals surface area contributed by atoms with Gasteiger partial charge in [-0.3, -0.25) is 0 Å². The van der Waals surface area contributed by atoms with Crippen molar-refractivity contribution in [2.75, 3.05) is 0 Å². The number of rotatable bonds is 6. The lowest BCUT2D eigenvalue weighted by molar-refractivity contribution is 0.620. The van der Waals surface area contributed by atoms with Crippen molar-refractivity contribution in [2.24, 2.45) is 0 Å². The van der Waals surface area contributed by atoms with E-state index in [0.717, 1.165) is 61.4 Å². The van der Waals surface area contributed by atoms with Gasteiger partial charge in [0.25, 0.3) is 0 Å². The molecule has 0 N–H and O–H groups in total. The van der Waals surface area contributed by atoms with Gasteiger partial charge in [0.15, 0.2) is 11.4 Å². The average Bonchev–Trinajstić information content (AvgIpc) is 3.58. The molecule has 212 valence electrons. The average molecular weight is 578 g/mol. The molecule has 2 aromatic heterocycles. The third-order valence-electron chi connectivity index (χ3n) is 7.98. The molecule has 6 aromatic carbocycles. The predicted octanol–water partition coefficient (Wildman–Crippen LogP) is 10.6. The fourth-order valence-corrected chi connectivity index (χ4v) is 5.63. The first kappa shape index (κ1) is 26.5. The molecule has 0 unspecified atom stereocenters. The van der Waals surface area contributed by atoms with Crippen LogP contribution in [-0.4, -0.2) is 15.0 Å². The van der Waals surface area contributed by atoms with Gasteiger partial charge in [-0.15, -0.1) is 0 Å². The zero-order chi connectivity index (χ0) is 30.0. The second kappa shape index (κ2) is 11.5. The molecule has 8 aromatic rings. The van der Waals surface area contributed by atoms with Crippen LogP contribution in [0.2, 0.25) is 0 Å². The first-order valence-corrected chi connectivity index (χ1v) is 14.9. The van der Waals surface area contributed by atoms with Crippen molar-refractivity contribution in [1.82, 2.24) is 15.0 Å². The van der Waals surface area contributed by atoms with Gasteiger partial charge in [-0.25, -0.2) is 15.0 Å². The molecule has 0 fully saturated rings. The monoisotopic (exact) mass is 577 g/mol. The maximum Gasteiger partial charge on any atom is 0.227 e. The van der Waals surface area contributed by atoms with Crippen molar-refractivity contribution in [3.05, 3.63) is 164 Å². The van der Waals surface area contributed by atoms with Crippen molar-refractivity contribution in [3.8, 4) is 67.6 Å². The van der Waals surface area contributed by atoms with Crippen LogP contribution in [0.1, 0.15) is 0 Å². The first-order valence-electron chi connectivity index (χ1n) is 14.9. The normalized spacial score (nSPS) is 11.1. The van der Waals surface area contributed by atoms with Crippen LogP contribution in [0.4, 0.5) is 0 Å². The number of benzene rings is 6. The van der Waals surface area contributed by atoms with Gasteiger partial charge in [0.1, 0.15) is 5.52 Å². The first-order chi connectivity index (χ1) is 22.3. The van der Waals surface area contributed by atoms with Gasteiger partial charge in [-0.2, -0.15) is 0 Å². The fourth-order valence-electron chi connectivity index (χ4n) is 5.63. The van der Waals surface area contributed by atoms with Gasteiger partial charge >= 0.3 is 0 Å². The number of nitrogens with zero attached hydrogens (tertiary/aromatic N) is 3. The van der Waals surface area contributed by atoms with Crippen LogP contribution >= 0.6 is 0 Å². The number of hydrogen-bond donors (Lipinski definition) is 0. The van der Waals surface area contributed by atoms with Crippen molar-refractivity contribution in [2.45, 2.75) is 0 Å². The van der Waals surface area contributed by atoms with Crippen LogP contribution in [0.3, 0.4) is 0 Å². The second-order valence-corrected chi connectivity index (χ2v) is 10.9. The quantitative estimate of drug-likeness (QED) is 0.197. The maximum absolute atomic E-state index is 6.12. The van der Waals surface area contributed by atoms with E-state index in [4.69, 9.17) is 19.4 Å². The van der Waals surface area contributed by atoms with Gasteiger partial charge < -0.3 is 4.42 Å². The van der Waals surface area contributed by atoms with E-state index in [2.05, 4.69) is 97.1 Å². The number of fused-ring (bicyclic) bond motifs is 1. The Morgan fingerprint density at radius 3 is 1.49 bits per heavy atom. The zero-order valence-electron chi connectivity index (χ0n) is 24.3. The molecule has 0 aliphatic carbocycles. The summed E-state index contributed by atoms with van der Waals surface area (Å²) in [6.45, 7) is 0. The Kier molecular flexibility index (Phi) is 6.78. The Morgan fingerprint density at radius 1 is 0.356 bits per heavy atom. The highest BCUT2D eigenvalue weighted by Crippen LogP contribution is 2.34. The number of hydrogen-bond acceptors (Lipinski definition) is 4. The molecule has 0 saturated heterocycles. The Bertz CT molecular complexity index is 2220. The summed E-state index contributed by atoms with van der Waals surface area (Å²) in [5, 5.41) is 0. The molecule has 0 spiro atoms. The molecule has 0 atom stereocenters. The molecule has 0 amide bonds. The van der Waals surface area contributed by atoms with Crippen molar-refractivity contribution in [1.29, 1.82) is 0 Å². The Morgan fingerprint density at radius 2 is 0.844 bits per heavy atom. The topological polar surface area (TPSA) is 51.8 Å². The van der Waals surface area contributed by atoms with Crippen molar-refractivity contribution >= 4 is 11.1 Å². The highest BCUT2D eigenvalue weighted by atomic mass is 16.3. The van der Waals surface area contributed by atoms with E-state index >= 15 is 0 Å². The lowest BCUT2D eigenvalue weighted by Crippen LogP contribution is -1.96. The SMILES string of the molecule is c1ccc(-c2ccc(-c3nc(-c4ccccc4)cc(-c4ccc(-c5cccc6oc(-c7ccccc7)nc56)cc4)n3)cc2)cc1. The molecule has 0 aliphatic rings. The third-order valence-corrected chi connectivity index (χ3v) is 7.98. The zero-order valence-corrected chi connectivity index (χ0v) is 24.3. The van der Waals surface area contributed by atoms with E-state index in [1.807, 2.05) is 66.7 Å². The minimum Gasteiger partial charge on any atom is -0.436 e. The van der Waals surface area contributed by atoms with Gasteiger partial charge in [-0.05, 0) is 41.0 Å². The molecular formula is C41H27N3O. The molecule has 4 heteroatoms. The van der Waals surface area contributed by atoms with Gasteiger partial charge in [-0.1, -0.05) is 140 Å². The summed E-state index contributed by atoms with van der Waals surface area (Å²) in [5.74, 6) is 1.31. The van der Waals surface area contributed by atoms with Gasteiger partial charge in [0.2, 0.25) is 5.89 Å². The van der Waals surface area contributed by atoms with Crippen LogP contribution in [-0.2, 0) is 0 Å². The highest BCUT2D eigenvalue weighted by Gasteiger charge is 2.14. The van der Waals surface area contributed by atoms with Gasteiger partial charge in [0.05, 0.1) is 11.4 Å². The molecule has 2 heterocycles. The summed E-state index contributed by atoms with van der Waals surface area (Å²) < 4.78 is 6.12. The summed E-state index contributed by atoms with van der Waals surface area (Å²) in [4.78, 5) is 14.9. The summed E-state index contributed by atoms with van der Waals surface area (Å²) in [6.07, 6.45) is 0. The van der Waals surface area contributed by atoms with E-state index in [0.29, 0.717) is 11.7 Å². The lowest BCUT2D eigenvalue weighted by atomic mass is 10.0. The van der Waals surface area contributed by atoms with Crippen LogP contribution in [0.5, 0.6) is 0 Å². The summed E-state index contributed by atoms with van der Waals surface area (Å²) in [6, 6.07) is 55.7. The molecule has 0 radical (unpaired) electrons. The third kappa shape index (κ3) is 5.30. The molecule has 4 nitrogen and oxygen atoms in total. The highest BCUT2D eigenvalue weighted by molar-refractivity contribution is 5.92. The van der Waals surface area contributed by atoms with Crippen LogP contribution < -0.4 is 0 Å². The minimum atomic E-state index is 0.619. The van der Waals surface area contributed by atoms with E-state index in [-0.39, 0.29) is 0 Å². The van der Waals surface area contributed by atoms with E-state index in [9.17, 15) is 0 Å². The lowest BCUT2D eigenvalue weighted by Gasteiger charge is -2.11. The number of aromatic nitrogens is 3. The number of oxazole rings is 1. The molecule has 45 heavy (non-hydrogen) atoms. The van der Waals surface area contributed by atoms with Crippen molar-refractivity contribution < 1.29 is 4.42 Å². The Balaban J connectivity index is 1.17. The summed E-state index contributed by atoms with van der Waals surface area (Å²) in [7, 11) is 0. The molecule has 0 aliphatic heterocycles. The van der Waals surface area contributed by atoms with Crippen LogP contribution in [0.15, 0.2) is 168 Å². The molecule has 0 bridgehead atoms. The summed E-state index contributed by atoms with van der Waals surface area (Å²) in [5.41, 5.74) is 11.8. The smallest absolute Gasteiger partial charge is 0.227 e. The fraction of sp³-hybridized carbons (Fsp3) is 0. The number of para-hydroxylation sites is 1. The van der Waals surface area contributed by atoms with Crippen LogP contribution in [0, 0.1) is 0 Å².